The van der Waals surface area contributed by atoms with Gasteiger partial charge in [-0.3, -0.25) is 4.79 Å². The van der Waals surface area contributed by atoms with Gasteiger partial charge in [0.25, 0.3) is 0 Å². The summed E-state index contributed by atoms with van der Waals surface area (Å²) in [5, 5.41) is 21.3. The second-order valence-electron chi connectivity index (χ2n) is 6.94. The highest BCUT2D eigenvalue weighted by atomic mass is 16.4. The van der Waals surface area contributed by atoms with E-state index in [0.29, 0.717) is 23.3 Å². The standard InChI is InChI=1S/C18H23NO4/c20-17(21)13-4-1-11(2-5-13)7-12-3-6-14-10-19-16(18(22)23)9-15(14)8-12/h1-2,4-5,12,14-16,19H,3,6-10H2,(H,20,21)(H,22,23)/t12-,14+,15+,16+/m1/s1. The Morgan fingerprint density at radius 1 is 1.04 bits per heavy atom. The zero-order chi connectivity index (χ0) is 16.4. The maximum absolute atomic E-state index is 11.2. The Morgan fingerprint density at radius 2 is 1.78 bits per heavy atom. The number of carboxylic acids is 2. The average molecular weight is 317 g/mol. The van der Waals surface area contributed by atoms with Crippen LogP contribution in [-0.4, -0.2) is 34.7 Å². The van der Waals surface area contributed by atoms with Crippen molar-refractivity contribution in [2.45, 2.75) is 38.1 Å². The predicted octanol–water partition coefficient (Wildman–Crippen LogP) is 2.41. The molecule has 1 aromatic rings. The average Bonchev–Trinajstić information content (AvgIpc) is 2.54. The number of aromatic carboxylic acids is 1. The molecule has 4 atom stereocenters. The third-order valence-corrected chi connectivity index (χ3v) is 5.44. The van der Waals surface area contributed by atoms with E-state index in [0.717, 1.165) is 32.2 Å². The Balaban J connectivity index is 1.59. The fourth-order valence-electron chi connectivity index (χ4n) is 4.15. The largest absolute Gasteiger partial charge is 0.480 e. The number of rotatable bonds is 4. The van der Waals surface area contributed by atoms with Crippen molar-refractivity contribution in [2.75, 3.05) is 6.54 Å². The number of hydrogen-bond acceptors (Lipinski definition) is 3. The molecule has 23 heavy (non-hydrogen) atoms. The monoisotopic (exact) mass is 317 g/mol. The molecule has 5 heteroatoms. The van der Waals surface area contributed by atoms with E-state index in [1.807, 2.05) is 12.1 Å². The molecule has 2 aliphatic rings. The number of hydrogen-bond donors (Lipinski definition) is 3. The number of aliphatic carboxylic acids is 1. The number of benzene rings is 1. The smallest absolute Gasteiger partial charge is 0.335 e. The molecule has 1 saturated carbocycles. The maximum atomic E-state index is 11.2. The zero-order valence-electron chi connectivity index (χ0n) is 13.1. The van der Waals surface area contributed by atoms with Crippen LogP contribution in [0.25, 0.3) is 0 Å². The summed E-state index contributed by atoms with van der Waals surface area (Å²) in [4.78, 5) is 22.1. The molecule has 1 aromatic carbocycles. The first-order chi connectivity index (χ1) is 11.0. The Morgan fingerprint density at radius 3 is 2.43 bits per heavy atom. The molecule has 124 valence electrons. The SMILES string of the molecule is O=C(O)c1ccc(C[C@H]2CC[C@H]3CN[C@H](C(=O)O)C[C@@H]3C2)cc1. The fraction of sp³-hybridized carbons (Fsp3) is 0.556. The summed E-state index contributed by atoms with van der Waals surface area (Å²) in [5.74, 6) is 0.0337. The van der Waals surface area contributed by atoms with Crippen LogP contribution in [0.3, 0.4) is 0 Å². The Kier molecular flexibility index (Phi) is 4.66. The third kappa shape index (κ3) is 3.72. The summed E-state index contributed by atoms with van der Waals surface area (Å²) >= 11 is 0. The topological polar surface area (TPSA) is 86.6 Å². The second-order valence-corrected chi connectivity index (χ2v) is 6.94. The van der Waals surface area contributed by atoms with Gasteiger partial charge in [0, 0.05) is 0 Å². The van der Waals surface area contributed by atoms with E-state index in [1.54, 1.807) is 12.1 Å². The van der Waals surface area contributed by atoms with Crippen molar-refractivity contribution in [3.63, 3.8) is 0 Å². The van der Waals surface area contributed by atoms with Gasteiger partial charge in [-0.25, -0.2) is 4.79 Å². The fourth-order valence-corrected chi connectivity index (χ4v) is 4.15. The lowest BCUT2D eigenvalue weighted by molar-refractivity contribution is -0.141. The normalized spacial score (nSPS) is 30.4. The minimum absolute atomic E-state index is 0.320. The van der Waals surface area contributed by atoms with Crippen LogP contribution in [0, 0.1) is 17.8 Å². The minimum atomic E-state index is -0.897. The van der Waals surface area contributed by atoms with E-state index in [-0.39, 0.29) is 0 Å². The van der Waals surface area contributed by atoms with E-state index in [2.05, 4.69) is 5.32 Å². The summed E-state index contributed by atoms with van der Waals surface area (Å²) in [6.07, 6.45) is 5.09. The minimum Gasteiger partial charge on any atom is -0.480 e. The van der Waals surface area contributed by atoms with Crippen LogP contribution in [0.1, 0.15) is 41.6 Å². The van der Waals surface area contributed by atoms with Crippen molar-refractivity contribution in [2.24, 2.45) is 17.8 Å². The van der Waals surface area contributed by atoms with Crippen LogP contribution in [-0.2, 0) is 11.2 Å². The molecule has 0 bridgehead atoms. The van der Waals surface area contributed by atoms with E-state index < -0.39 is 18.0 Å². The molecule has 1 saturated heterocycles. The van der Waals surface area contributed by atoms with Gasteiger partial charge in [-0.05, 0) is 74.1 Å². The van der Waals surface area contributed by atoms with Gasteiger partial charge in [0.05, 0.1) is 5.56 Å². The quantitative estimate of drug-likeness (QED) is 0.794. The van der Waals surface area contributed by atoms with Gasteiger partial charge < -0.3 is 15.5 Å². The molecule has 3 N–H and O–H groups in total. The van der Waals surface area contributed by atoms with Crippen LogP contribution in [0.4, 0.5) is 0 Å². The van der Waals surface area contributed by atoms with Gasteiger partial charge in [-0.15, -0.1) is 0 Å². The summed E-state index contributed by atoms with van der Waals surface area (Å²) in [5.41, 5.74) is 1.49. The molecule has 0 radical (unpaired) electrons. The highest BCUT2D eigenvalue weighted by Crippen LogP contribution is 2.39. The predicted molar refractivity (Wildman–Crippen MR) is 85.5 cm³/mol. The van der Waals surface area contributed by atoms with Crippen LogP contribution >= 0.6 is 0 Å². The molecular formula is C18H23NO4. The molecule has 0 spiro atoms. The van der Waals surface area contributed by atoms with Crippen molar-refractivity contribution >= 4 is 11.9 Å². The third-order valence-electron chi connectivity index (χ3n) is 5.44. The van der Waals surface area contributed by atoms with Crippen molar-refractivity contribution < 1.29 is 19.8 Å². The van der Waals surface area contributed by atoms with Gasteiger partial charge in [0.1, 0.15) is 6.04 Å². The molecule has 1 aliphatic heterocycles. The highest BCUT2D eigenvalue weighted by molar-refractivity contribution is 5.87. The molecule has 2 fully saturated rings. The highest BCUT2D eigenvalue weighted by Gasteiger charge is 2.37. The lowest BCUT2D eigenvalue weighted by Gasteiger charge is -2.41. The molecular weight excluding hydrogens is 294 g/mol. The number of carbonyl (C=O) groups is 2. The van der Waals surface area contributed by atoms with Gasteiger partial charge >= 0.3 is 11.9 Å². The number of fused-ring (bicyclic) bond motifs is 1. The summed E-state index contributed by atoms with van der Waals surface area (Å²) in [6.45, 7) is 0.821. The van der Waals surface area contributed by atoms with Gasteiger partial charge in [0.2, 0.25) is 0 Å². The van der Waals surface area contributed by atoms with Gasteiger partial charge in [0.15, 0.2) is 0 Å². The Bertz CT molecular complexity index is 583. The van der Waals surface area contributed by atoms with Crippen LogP contribution in [0.2, 0.25) is 0 Å². The number of carboxylic acid groups (broad SMARTS) is 2. The van der Waals surface area contributed by atoms with Crippen molar-refractivity contribution in [1.29, 1.82) is 0 Å². The molecule has 1 heterocycles. The summed E-state index contributed by atoms with van der Waals surface area (Å²) in [6, 6.07) is 6.73. The van der Waals surface area contributed by atoms with E-state index in [4.69, 9.17) is 5.11 Å². The second kappa shape index (κ2) is 6.71. The number of nitrogens with one attached hydrogen (secondary N) is 1. The molecule has 0 unspecified atom stereocenters. The molecule has 0 amide bonds. The van der Waals surface area contributed by atoms with Crippen molar-refractivity contribution in [1.82, 2.24) is 5.32 Å². The first-order valence-electron chi connectivity index (χ1n) is 8.31. The van der Waals surface area contributed by atoms with Crippen LogP contribution in [0.5, 0.6) is 0 Å². The number of piperidine rings is 1. The molecule has 0 aromatic heterocycles. The maximum Gasteiger partial charge on any atom is 0.335 e. The Labute approximate surface area is 135 Å². The van der Waals surface area contributed by atoms with Crippen molar-refractivity contribution in [3.8, 4) is 0 Å². The molecule has 5 nitrogen and oxygen atoms in total. The van der Waals surface area contributed by atoms with E-state index in [9.17, 15) is 14.7 Å². The molecule has 3 rings (SSSR count). The van der Waals surface area contributed by atoms with Crippen LogP contribution < -0.4 is 5.32 Å². The van der Waals surface area contributed by atoms with E-state index >= 15 is 0 Å². The lowest BCUT2D eigenvalue weighted by Crippen LogP contribution is -2.49. The van der Waals surface area contributed by atoms with Gasteiger partial charge in [-0.2, -0.15) is 0 Å². The van der Waals surface area contributed by atoms with E-state index in [1.165, 1.54) is 12.0 Å². The summed E-state index contributed by atoms with van der Waals surface area (Å²) < 4.78 is 0. The van der Waals surface area contributed by atoms with Gasteiger partial charge in [-0.1, -0.05) is 12.1 Å². The summed E-state index contributed by atoms with van der Waals surface area (Å²) in [7, 11) is 0. The van der Waals surface area contributed by atoms with Crippen molar-refractivity contribution in [3.05, 3.63) is 35.4 Å². The zero-order valence-corrected chi connectivity index (χ0v) is 13.1. The Hall–Kier alpha value is -1.88. The van der Waals surface area contributed by atoms with Crippen LogP contribution in [0.15, 0.2) is 24.3 Å². The first-order valence-corrected chi connectivity index (χ1v) is 8.31. The first kappa shape index (κ1) is 16.0. The molecule has 1 aliphatic carbocycles. The lowest BCUT2D eigenvalue weighted by atomic mass is 9.68.